The number of nitrogens with one attached hydrogen (secondary N) is 1. The zero-order chi connectivity index (χ0) is 18.3. The smallest absolute Gasteiger partial charge is 0.259 e. The van der Waals surface area contributed by atoms with Crippen LogP contribution in [0, 0.1) is 12.8 Å². The predicted octanol–water partition coefficient (Wildman–Crippen LogP) is 3.26. The Bertz CT molecular complexity index is 809. The molecule has 6 heteroatoms. The molecule has 1 saturated carbocycles. The maximum atomic E-state index is 12.9. The van der Waals surface area contributed by atoms with Crippen LogP contribution in [0.3, 0.4) is 0 Å². The number of aromatic nitrogens is 2. The van der Waals surface area contributed by atoms with Gasteiger partial charge in [-0.05, 0) is 65.0 Å². The highest BCUT2D eigenvalue weighted by Crippen LogP contribution is 2.40. The second-order valence-corrected chi connectivity index (χ2v) is 8.12. The third-order valence-corrected chi connectivity index (χ3v) is 5.71. The number of likely N-dealkylation sites (tertiary alicyclic amines) is 1. The summed E-state index contributed by atoms with van der Waals surface area (Å²) in [5.41, 5.74) is 2.83. The monoisotopic (exact) mass is 356 g/mol. The van der Waals surface area contributed by atoms with E-state index in [1.165, 1.54) is 12.8 Å². The molecule has 1 aliphatic carbocycles. The van der Waals surface area contributed by atoms with E-state index in [9.17, 15) is 4.79 Å². The molecule has 0 radical (unpaired) electrons. The summed E-state index contributed by atoms with van der Waals surface area (Å²) in [6.45, 7) is 9.28. The van der Waals surface area contributed by atoms with E-state index in [0.717, 1.165) is 49.2 Å². The summed E-state index contributed by atoms with van der Waals surface area (Å²) in [6, 6.07) is 2.51. The SMILES string of the molecule is Cc1noc2nc(C3CC3)cc(C(=O)NCC3CCCN(C(C)C)C3)c12. The summed E-state index contributed by atoms with van der Waals surface area (Å²) in [5.74, 6) is 0.945. The molecule has 2 aromatic heterocycles. The zero-order valence-corrected chi connectivity index (χ0v) is 15.9. The Morgan fingerprint density at radius 1 is 1.38 bits per heavy atom. The second kappa shape index (κ2) is 6.99. The van der Waals surface area contributed by atoms with Crippen LogP contribution < -0.4 is 5.32 Å². The van der Waals surface area contributed by atoms with Gasteiger partial charge in [0.15, 0.2) is 0 Å². The fraction of sp³-hybridized carbons (Fsp3) is 0.650. The lowest BCUT2D eigenvalue weighted by Gasteiger charge is -2.35. The number of carbonyl (C=O) groups excluding carboxylic acids is 1. The number of amides is 1. The first-order valence-electron chi connectivity index (χ1n) is 9.82. The van der Waals surface area contributed by atoms with Crippen LogP contribution >= 0.6 is 0 Å². The van der Waals surface area contributed by atoms with Gasteiger partial charge in [-0.25, -0.2) is 4.98 Å². The zero-order valence-electron chi connectivity index (χ0n) is 15.9. The molecule has 1 unspecified atom stereocenters. The van der Waals surface area contributed by atoms with Gasteiger partial charge in [-0.15, -0.1) is 0 Å². The van der Waals surface area contributed by atoms with Crippen LogP contribution in [0.15, 0.2) is 10.6 Å². The number of hydrogen-bond acceptors (Lipinski definition) is 5. The van der Waals surface area contributed by atoms with E-state index in [2.05, 4.69) is 34.2 Å². The van der Waals surface area contributed by atoms with Crippen LogP contribution in [0.4, 0.5) is 0 Å². The van der Waals surface area contributed by atoms with E-state index < -0.39 is 0 Å². The lowest BCUT2D eigenvalue weighted by atomic mass is 9.96. The van der Waals surface area contributed by atoms with Gasteiger partial charge >= 0.3 is 0 Å². The average Bonchev–Trinajstić information content (AvgIpc) is 3.43. The normalized spacial score (nSPS) is 21.5. The molecule has 0 aromatic carbocycles. The van der Waals surface area contributed by atoms with Gasteiger partial charge in [-0.3, -0.25) is 4.79 Å². The molecule has 2 fully saturated rings. The minimum Gasteiger partial charge on any atom is -0.352 e. The number of rotatable bonds is 5. The van der Waals surface area contributed by atoms with Crippen LogP contribution in [0.25, 0.3) is 11.1 Å². The molecule has 0 spiro atoms. The minimum atomic E-state index is -0.0349. The van der Waals surface area contributed by atoms with Gasteiger partial charge in [-0.2, -0.15) is 0 Å². The molecule has 1 saturated heterocycles. The molecule has 3 heterocycles. The van der Waals surface area contributed by atoms with Crippen molar-refractivity contribution in [2.24, 2.45) is 5.92 Å². The standard InChI is InChI=1S/C20H28N4O2/c1-12(2)24-8-4-5-14(11-24)10-21-19(25)16-9-17(15-6-7-15)22-20-18(16)13(3)23-26-20/h9,12,14-15H,4-8,10-11H2,1-3H3,(H,21,25). The van der Waals surface area contributed by atoms with Crippen LogP contribution in [0.1, 0.15) is 67.2 Å². The third kappa shape index (κ3) is 3.47. The molecule has 140 valence electrons. The van der Waals surface area contributed by atoms with Crippen molar-refractivity contribution in [3.63, 3.8) is 0 Å². The topological polar surface area (TPSA) is 71.3 Å². The second-order valence-electron chi connectivity index (χ2n) is 8.12. The molecule has 1 atom stereocenters. The van der Waals surface area contributed by atoms with Crippen LogP contribution in [0.2, 0.25) is 0 Å². The van der Waals surface area contributed by atoms with Crippen molar-refractivity contribution in [3.8, 4) is 0 Å². The van der Waals surface area contributed by atoms with E-state index >= 15 is 0 Å². The Hall–Kier alpha value is -1.95. The van der Waals surface area contributed by atoms with Crippen LogP contribution in [-0.4, -0.2) is 46.6 Å². The van der Waals surface area contributed by atoms with Crippen LogP contribution in [-0.2, 0) is 0 Å². The van der Waals surface area contributed by atoms with Crippen molar-refractivity contribution in [2.45, 2.75) is 58.4 Å². The van der Waals surface area contributed by atoms with E-state index in [1.54, 1.807) is 0 Å². The quantitative estimate of drug-likeness (QED) is 0.890. The Morgan fingerprint density at radius 3 is 2.92 bits per heavy atom. The molecular weight excluding hydrogens is 328 g/mol. The molecule has 2 aliphatic rings. The van der Waals surface area contributed by atoms with Gasteiger partial charge in [-0.1, -0.05) is 5.16 Å². The molecule has 0 bridgehead atoms. The average molecular weight is 356 g/mol. The van der Waals surface area contributed by atoms with Gasteiger partial charge in [0, 0.05) is 30.7 Å². The van der Waals surface area contributed by atoms with Gasteiger partial charge in [0.05, 0.1) is 16.6 Å². The molecule has 6 nitrogen and oxygen atoms in total. The minimum absolute atomic E-state index is 0.0349. The first-order chi connectivity index (χ1) is 12.5. The molecule has 1 aliphatic heterocycles. The molecule has 1 amide bonds. The summed E-state index contributed by atoms with van der Waals surface area (Å²) in [7, 11) is 0. The number of carbonyl (C=O) groups is 1. The highest BCUT2D eigenvalue weighted by molar-refractivity contribution is 6.06. The van der Waals surface area contributed by atoms with Crippen LogP contribution in [0.5, 0.6) is 0 Å². The van der Waals surface area contributed by atoms with Gasteiger partial charge in [0.25, 0.3) is 11.6 Å². The maximum absolute atomic E-state index is 12.9. The van der Waals surface area contributed by atoms with Crippen molar-refractivity contribution in [1.82, 2.24) is 20.4 Å². The summed E-state index contributed by atoms with van der Waals surface area (Å²) >= 11 is 0. The highest BCUT2D eigenvalue weighted by Gasteiger charge is 2.29. The number of piperidine rings is 1. The van der Waals surface area contributed by atoms with Gasteiger partial charge < -0.3 is 14.7 Å². The fourth-order valence-corrected chi connectivity index (χ4v) is 3.95. The van der Waals surface area contributed by atoms with Crippen molar-refractivity contribution in [3.05, 3.63) is 23.0 Å². The predicted molar refractivity (Wildman–Crippen MR) is 100 cm³/mol. The summed E-state index contributed by atoms with van der Waals surface area (Å²) in [5, 5.41) is 7.93. The number of pyridine rings is 1. The van der Waals surface area contributed by atoms with E-state index in [0.29, 0.717) is 29.2 Å². The molecule has 2 aromatic rings. The van der Waals surface area contributed by atoms with Crippen molar-refractivity contribution >= 4 is 17.0 Å². The lowest BCUT2D eigenvalue weighted by molar-refractivity contribution is 0.0924. The molecule has 26 heavy (non-hydrogen) atoms. The highest BCUT2D eigenvalue weighted by atomic mass is 16.5. The Balaban J connectivity index is 1.50. The van der Waals surface area contributed by atoms with Crippen molar-refractivity contribution in [1.29, 1.82) is 0 Å². The molecular formula is C20H28N4O2. The first-order valence-corrected chi connectivity index (χ1v) is 9.82. The van der Waals surface area contributed by atoms with Gasteiger partial charge in [0.1, 0.15) is 0 Å². The molecule has 4 rings (SSSR count). The van der Waals surface area contributed by atoms with Crippen molar-refractivity contribution < 1.29 is 9.32 Å². The Kier molecular flexibility index (Phi) is 4.69. The Morgan fingerprint density at radius 2 is 2.19 bits per heavy atom. The summed E-state index contributed by atoms with van der Waals surface area (Å²) < 4.78 is 5.35. The Labute approximate surface area is 154 Å². The maximum Gasteiger partial charge on any atom is 0.259 e. The third-order valence-electron chi connectivity index (χ3n) is 5.71. The largest absolute Gasteiger partial charge is 0.352 e. The number of aryl methyl sites for hydroxylation is 1. The summed E-state index contributed by atoms with van der Waals surface area (Å²) in [4.78, 5) is 20.0. The van der Waals surface area contributed by atoms with E-state index in [1.807, 2.05) is 13.0 Å². The number of nitrogens with zero attached hydrogens (tertiary/aromatic N) is 3. The number of fused-ring (bicyclic) bond motifs is 1. The van der Waals surface area contributed by atoms with Crippen molar-refractivity contribution in [2.75, 3.05) is 19.6 Å². The fourth-order valence-electron chi connectivity index (χ4n) is 3.95. The van der Waals surface area contributed by atoms with E-state index in [-0.39, 0.29) is 5.91 Å². The van der Waals surface area contributed by atoms with Gasteiger partial charge in [0.2, 0.25) is 0 Å². The summed E-state index contributed by atoms with van der Waals surface area (Å²) in [6.07, 6.45) is 4.66. The van der Waals surface area contributed by atoms with E-state index in [4.69, 9.17) is 4.52 Å². The number of hydrogen-bond donors (Lipinski definition) is 1. The molecule has 1 N–H and O–H groups in total. The lowest BCUT2D eigenvalue weighted by Crippen LogP contribution is -2.43. The first kappa shape index (κ1) is 17.5.